The summed E-state index contributed by atoms with van der Waals surface area (Å²) in [5, 5.41) is 25.7. The van der Waals surface area contributed by atoms with Crippen molar-refractivity contribution in [2.24, 2.45) is 0 Å². The van der Waals surface area contributed by atoms with Crippen LogP contribution in [0.3, 0.4) is 0 Å². The van der Waals surface area contributed by atoms with E-state index in [1.807, 2.05) is 20.9 Å². The maximum atomic E-state index is 12.3. The van der Waals surface area contributed by atoms with Crippen molar-refractivity contribution < 1.29 is 28.8 Å². The Labute approximate surface area is 240 Å². The van der Waals surface area contributed by atoms with E-state index in [1.54, 1.807) is 13.2 Å². The molecule has 0 aliphatic carbocycles. The fourth-order valence-electron chi connectivity index (χ4n) is 7.63. The molecule has 2 N–H and O–H groups in total. The second-order valence-electron chi connectivity index (χ2n) is 11.3. The number of hydrogen-bond acceptors (Lipinski definition) is 10. The maximum absolute atomic E-state index is 12.3. The van der Waals surface area contributed by atoms with Crippen LogP contribution in [0.1, 0.15) is 52.4 Å². The number of nitrogens with one attached hydrogen (secondary N) is 1. The molecule has 0 aromatic heterocycles. The van der Waals surface area contributed by atoms with Crippen LogP contribution in [0, 0.1) is 25.2 Å². The van der Waals surface area contributed by atoms with Crippen LogP contribution in [0.15, 0.2) is 18.7 Å². The fourth-order valence-corrected chi connectivity index (χ4v) is 7.63. The summed E-state index contributed by atoms with van der Waals surface area (Å²) < 4.78 is 23.4. The molecule has 2 aromatic rings. The van der Waals surface area contributed by atoms with Gasteiger partial charge in [-0.3, -0.25) is 14.6 Å². The molecular formula is C31H36N4O6. The predicted octanol–water partition coefficient (Wildman–Crippen LogP) is 3.22. The number of carbonyl (C=O) groups is 1. The Balaban J connectivity index is 1.61. The Hall–Kier alpha value is -3.78. The molecule has 10 nitrogen and oxygen atoms in total. The molecule has 1 fully saturated rings. The molecule has 216 valence electrons. The number of phenols is 1. The molecule has 4 heterocycles. The number of rotatable bonds is 6. The van der Waals surface area contributed by atoms with E-state index in [2.05, 4.69) is 33.8 Å². The summed E-state index contributed by atoms with van der Waals surface area (Å²) >= 11 is 0. The van der Waals surface area contributed by atoms with Crippen molar-refractivity contribution in [1.82, 2.24) is 15.1 Å². The average Bonchev–Trinajstić information content (AvgIpc) is 3.42. The number of aromatic hydroxyl groups is 1. The minimum absolute atomic E-state index is 0.0679. The Morgan fingerprint density at radius 2 is 2.00 bits per heavy atom. The Kier molecular flexibility index (Phi) is 6.85. The fraction of sp³-hybridized carbons (Fsp3) is 0.484. The standard InChI is InChI=1S/C31H36N4O6/c1-7-8-33-13-23-25-19(29(41-17(4)36)16(3)30-31(25)40-14-39-30)11-21-26-24-18(9-15(2)28(38-6)27(24)37)10-20(34(26)5)22(12-32)35(21)23/h7,9,20-23,26,33,37H,1,8,10-11,13-14H2,2-6H3/t20-,21?,22-,23-,26-/m0/s1. The first kappa shape index (κ1) is 27.4. The molecule has 4 aliphatic heterocycles. The Morgan fingerprint density at radius 1 is 1.24 bits per heavy atom. The number of benzene rings is 2. The number of fused-ring (bicyclic) bond motifs is 9. The van der Waals surface area contributed by atoms with Crippen LogP contribution in [0.4, 0.5) is 0 Å². The Bertz CT molecular complexity index is 1480. The molecule has 10 heteroatoms. The van der Waals surface area contributed by atoms with Gasteiger partial charge in [0.25, 0.3) is 0 Å². The second kappa shape index (κ2) is 10.2. The van der Waals surface area contributed by atoms with Crippen molar-refractivity contribution in [3.63, 3.8) is 0 Å². The molecule has 2 aromatic carbocycles. The third-order valence-corrected chi connectivity index (χ3v) is 9.14. The van der Waals surface area contributed by atoms with Gasteiger partial charge in [-0.2, -0.15) is 5.26 Å². The van der Waals surface area contributed by atoms with Crippen LogP contribution in [0.2, 0.25) is 0 Å². The topological polar surface area (TPSA) is 117 Å². The SMILES string of the molecule is C=CCNC[C@H]1c2c(c(OC(C)=O)c(C)c3c2OCO3)CC2[C@H]3c4c(cc(C)c(OC)c4O)C[C@@H]([C@H](C#N)N21)N3C. The zero-order chi connectivity index (χ0) is 29.2. The largest absolute Gasteiger partial charge is 0.504 e. The third kappa shape index (κ3) is 3.98. The molecule has 5 atom stereocenters. The number of nitrogens with zero attached hydrogens (tertiary/aromatic N) is 3. The van der Waals surface area contributed by atoms with Crippen molar-refractivity contribution in [3.05, 3.63) is 52.1 Å². The molecule has 0 radical (unpaired) electrons. The maximum Gasteiger partial charge on any atom is 0.308 e. The number of piperazine rings is 1. The molecule has 41 heavy (non-hydrogen) atoms. The number of hydrogen-bond donors (Lipinski definition) is 2. The third-order valence-electron chi connectivity index (χ3n) is 9.14. The lowest BCUT2D eigenvalue weighted by molar-refractivity contribution is -0.132. The highest BCUT2D eigenvalue weighted by atomic mass is 16.7. The van der Waals surface area contributed by atoms with E-state index in [0.717, 1.165) is 27.8 Å². The number of carbonyl (C=O) groups excluding carboxylic acids is 1. The highest BCUT2D eigenvalue weighted by Gasteiger charge is 2.56. The highest BCUT2D eigenvalue weighted by Crippen LogP contribution is 2.58. The molecule has 1 saturated heterocycles. The number of nitriles is 1. The number of methoxy groups -OCH3 is 1. The van der Waals surface area contributed by atoms with E-state index in [-0.39, 0.29) is 36.7 Å². The van der Waals surface area contributed by atoms with Gasteiger partial charge in [0.05, 0.1) is 25.3 Å². The van der Waals surface area contributed by atoms with Gasteiger partial charge in [-0.25, -0.2) is 0 Å². The van der Waals surface area contributed by atoms with Crippen molar-refractivity contribution in [2.75, 3.05) is 34.0 Å². The van der Waals surface area contributed by atoms with E-state index in [0.29, 0.717) is 54.5 Å². The van der Waals surface area contributed by atoms with Crippen LogP contribution in [-0.4, -0.2) is 73.0 Å². The summed E-state index contributed by atoms with van der Waals surface area (Å²) in [5.74, 6) is 1.86. The number of ether oxygens (including phenoxy) is 4. The quantitative estimate of drug-likeness (QED) is 0.236. The normalized spacial score (nSPS) is 25.9. The number of aryl methyl sites for hydroxylation is 1. The number of likely N-dealkylation sites (N-methyl/N-ethyl adjacent to an activating group) is 1. The zero-order valence-corrected chi connectivity index (χ0v) is 24.1. The van der Waals surface area contributed by atoms with E-state index in [9.17, 15) is 15.2 Å². The highest BCUT2D eigenvalue weighted by molar-refractivity contribution is 5.74. The van der Waals surface area contributed by atoms with Crippen molar-refractivity contribution >= 4 is 5.97 Å². The molecule has 4 aliphatic rings. The zero-order valence-electron chi connectivity index (χ0n) is 24.1. The van der Waals surface area contributed by atoms with Gasteiger partial charge >= 0.3 is 5.97 Å². The first-order chi connectivity index (χ1) is 19.7. The van der Waals surface area contributed by atoms with E-state index < -0.39 is 12.0 Å². The van der Waals surface area contributed by atoms with Gasteiger partial charge in [0, 0.05) is 54.4 Å². The van der Waals surface area contributed by atoms with Crippen LogP contribution >= 0.6 is 0 Å². The van der Waals surface area contributed by atoms with Crippen molar-refractivity contribution in [2.45, 2.75) is 63.8 Å². The minimum Gasteiger partial charge on any atom is -0.504 e. The van der Waals surface area contributed by atoms with Crippen LogP contribution < -0.4 is 24.3 Å². The van der Waals surface area contributed by atoms with Crippen molar-refractivity contribution in [3.8, 4) is 34.8 Å². The molecule has 6 rings (SSSR count). The van der Waals surface area contributed by atoms with E-state index in [4.69, 9.17) is 18.9 Å². The molecule has 2 bridgehead atoms. The van der Waals surface area contributed by atoms with Crippen LogP contribution in [0.5, 0.6) is 28.7 Å². The summed E-state index contributed by atoms with van der Waals surface area (Å²) in [7, 11) is 3.60. The molecule has 0 saturated carbocycles. The molecular weight excluding hydrogens is 524 g/mol. The van der Waals surface area contributed by atoms with Gasteiger partial charge in [-0.1, -0.05) is 12.1 Å². The lowest BCUT2D eigenvalue weighted by Gasteiger charge is -2.60. The first-order valence-corrected chi connectivity index (χ1v) is 14.0. The van der Waals surface area contributed by atoms with Gasteiger partial charge in [-0.05, 0) is 44.9 Å². The van der Waals surface area contributed by atoms with Gasteiger partial charge in [0.15, 0.2) is 23.0 Å². The van der Waals surface area contributed by atoms with Crippen molar-refractivity contribution in [1.29, 1.82) is 5.26 Å². The molecule has 0 spiro atoms. The smallest absolute Gasteiger partial charge is 0.308 e. The predicted molar refractivity (Wildman–Crippen MR) is 151 cm³/mol. The van der Waals surface area contributed by atoms with Crippen LogP contribution in [0.25, 0.3) is 0 Å². The lowest BCUT2D eigenvalue weighted by Crippen LogP contribution is -2.68. The number of esters is 1. The monoisotopic (exact) mass is 560 g/mol. The average molecular weight is 561 g/mol. The Morgan fingerprint density at radius 3 is 2.68 bits per heavy atom. The summed E-state index contributed by atoms with van der Waals surface area (Å²) in [5.41, 5.74) is 5.16. The lowest BCUT2D eigenvalue weighted by atomic mass is 9.71. The summed E-state index contributed by atoms with van der Waals surface area (Å²) in [6, 6.07) is 3.41. The molecule has 1 unspecified atom stereocenters. The summed E-state index contributed by atoms with van der Waals surface area (Å²) in [4.78, 5) is 16.9. The van der Waals surface area contributed by atoms with Gasteiger partial charge in [0.2, 0.25) is 6.79 Å². The summed E-state index contributed by atoms with van der Waals surface area (Å²) in [6.45, 7) is 10.2. The van der Waals surface area contributed by atoms with Crippen LogP contribution in [-0.2, 0) is 17.6 Å². The number of phenolic OH excluding ortho intramolecular Hbond substituents is 1. The summed E-state index contributed by atoms with van der Waals surface area (Å²) in [6.07, 6.45) is 2.89. The minimum atomic E-state index is -0.445. The van der Waals surface area contributed by atoms with Gasteiger partial charge in [0.1, 0.15) is 11.8 Å². The van der Waals surface area contributed by atoms with E-state index in [1.165, 1.54) is 6.92 Å². The second-order valence-corrected chi connectivity index (χ2v) is 11.3. The van der Waals surface area contributed by atoms with Gasteiger partial charge in [-0.15, -0.1) is 6.58 Å². The first-order valence-electron chi connectivity index (χ1n) is 14.0. The van der Waals surface area contributed by atoms with Gasteiger partial charge < -0.3 is 29.4 Å². The molecule has 0 amide bonds. The van der Waals surface area contributed by atoms with E-state index >= 15 is 0 Å².